The third kappa shape index (κ3) is 4.89. The molecule has 180 valence electrons. The molecule has 0 aliphatic carbocycles. The van der Waals surface area contributed by atoms with Crippen LogP contribution in [0.3, 0.4) is 0 Å². The zero-order valence-corrected chi connectivity index (χ0v) is 22.0. The molecule has 0 saturated carbocycles. The fourth-order valence-electron chi connectivity index (χ4n) is 4.79. The maximum Gasteiger partial charge on any atom is 0.261 e. The van der Waals surface area contributed by atoms with Gasteiger partial charge in [-0.15, -0.1) is 0 Å². The molecule has 1 aliphatic heterocycles. The van der Waals surface area contributed by atoms with Crippen molar-refractivity contribution in [2.45, 2.75) is 67.5 Å². The van der Waals surface area contributed by atoms with E-state index < -0.39 is 38.2 Å². The van der Waals surface area contributed by atoms with E-state index in [0.717, 1.165) is 15.3 Å². The Bertz CT molecular complexity index is 1000. The lowest BCUT2D eigenvalue weighted by Crippen LogP contribution is -2.71. The zero-order valence-electron chi connectivity index (χ0n) is 20.2. The van der Waals surface area contributed by atoms with Crippen molar-refractivity contribution < 1.29 is 19.4 Å². The van der Waals surface area contributed by atoms with Gasteiger partial charge in [0.1, 0.15) is 23.7 Å². The summed E-state index contributed by atoms with van der Waals surface area (Å²) in [5.74, 6) is 0. The average molecular weight is 495 g/mol. The summed E-state index contributed by atoms with van der Waals surface area (Å²) in [4.78, 5) is 0.984. The van der Waals surface area contributed by atoms with E-state index in [-0.39, 0.29) is 5.04 Å². The Morgan fingerprint density at radius 1 is 0.765 bits per heavy atom. The van der Waals surface area contributed by atoms with Crippen LogP contribution in [0.15, 0.2) is 95.9 Å². The highest BCUT2D eigenvalue weighted by molar-refractivity contribution is 7.99. The van der Waals surface area contributed by atoms with Crippen LogP contribution < -0.4 is 10.4 Å². The van der Waals surface area contributed by atoms with Gasteiger partial charge in [0.15, 0.2) is 0 Å². The fraction of sp³-hybridized carbons (Fsp3) is 0.357. The molecule has 4 nitrogen and oxygen atoms in total. The minimum absolute atomic E-state index is 0.240. The van der Waals surface area contributed by atoms with Gasteiger partial charge < -0.3 is 19.4 Å². The number of benzene rings is 3. The Hall–Kier alpha value is -1.93. The van der Waals surface area contributed by atoms with Crippen LogP contribution in [0.1, 0.15) is 27.7 Å². The SMILES string of the molecule is C[C@@H]1O[C@H](Sc2ccccc2)[C@@H](O)[C@H](O)[C@@H]1O[Si](c1ccccc1)(c1ccccc1)C(C)(C)C. The molecule has 0 unspecified atom stereocenters. The van der Waals surface area contributed by atoms with Crippen LogP contribution in [0.2, 0.25) is 5.04 Å². The van der Waals surface area contributed by atoms with Crippen molar-refractivity contribution >= 4 is 30.5 Å². The molecule has 6 heteroatoms. The van der Waals surface area contributed by atoms with Crippen molar-refractivity contribution in [2.24, 2.45) is 0 Å². The first-order chi connectivity index (χ1) is 16.2. The van der Waals surface area contributed by atoms with Crippen molar-refractivity contribution in [1.29, 1.82) is 0 Å². The van der Waals surface area contributed by atoms with E-state index >= 15 is 0 Å². The fourth-order valence-corrected chi connectivity index (χ4v) is 10.7. The number of aliphatic hydroxyl groups excluding tert-OH is 2. The third-order valence-corrected chi connectivity index (χ3v) is 12.7. The first-order valence-corrected chi connectivity index (χ1v) is 14.5. The van der Waals surface area contributed by atoms with Crippen LogP contribution in [-0.4, -0.2) is 48.4 Å². The lowest BCUT2D eigenvalue weighted by molar-refractivity contribution is -0.187. The number of aliphatic hydroxyl groups is 2. The van der Waals surface area contributed by atoms with Gasteiger partial charge >= 0.3 is 0 Å². The average Bonchev–Trinajstić information content (AvgIpc) is 2.83. The predicted octanol–water partition coefficient (Wildman–Crippen LogP) is 4.19. The first-order valence-electron chi connectivity index (χ1n) is 11.8. The first kappa shape index (κ1) is 25.2. The lowest BCUT2D eigenvalue weighted by Gasteiger charge is -2.49. The zero-order chi connectivity index (χ0) is 24.3. The van der Waals surface area contributed by atoms with E-state index in [1.54, 1.807) is 0 Å². The molecule has 3 aromatic carbocycles. The summed E-state index contributed by atoms with van der Waals surface area (Å²) in [6.45, 7) is 8.52. The molecule has 0 amide bonds. The Morgan fingerprint density at radius 3 is 1.71 bits per heavy atom. The normalized spacial score (nSPS) is 25.8. The van der Waals surface area contributed by atoms with E-state index in [9.17, 15) is 10.2 Å². The minimum Gasteiger partial charge on any atom is -0.399 e. The summed E-state index contributed by atoms with van der Waals surface area (Å²) in [5, 5.41) is 24.4. The van der Waals surface area contributed by atoms with Crippen LogP contribution in [0.4, 0.5) is 0 Å². The number of thioether (sulfide) groups is 1. The van der Waals surface area contributed by atoms with Gasteiger partial charge in [-0.1, -0.05) is 111 Å². The number of ether oxygens (including phenoxy) is 1. The van der Waals surface area contributed by atoms with Gasteiger partial charge in [-0.05, 0) is 34.5 Å². The van der Waals surface area contributed by atoms with Crippen molar-refractivity contribution in [2.75, 3.05) is 0 Å². The maximum absolute atomic E-state index is 11.3. The second kappa shape index (κ2) is 10.4. The third-order valence-electron chi connectivity index (χ3n) is 6.50. The molecule has 0 spiro atoms. The molecule has 1 heterocycles. The van der Waals surface area contributed by atoms with Crippen molar-refractivity contribution in [3.8, 4) is 0 Å². The summed E-state index contributed by atoms with van der Waals surface area (Å²) in [5.41, 5.74) is -0.577. The smallest absolute Gasteiger partial charge is 0.261 e. The minimum atomic E-state index is -2.90. The van der Waals surface area contributed by atoms with Crippen LogP contribution >= 0.6 is 11.8 Å². The highest BCUT2D eigenvalue weighted by Gasteiger charge is 2.55. The van der Waals surface area contributed by atoms with E-state index in [1.165, 1.54) is 11.8 Å². The summed E-state index contributed by atoms with van der Waals surface area (Å²) in [6, 6.07) is 30.4. The highest BCUT2D eigenvalue weighted by atomic mass is 32.2. The molecule has 0 aromatic heterocycles. The van der Waals surface area contributed by atoms with Gasteiger partial charge in [0.05, 0.1) is 6.10 Å². The van der Waals surface area contributed by atoms with Gasteiger partial charge in [-0.3, -0.25) is 0 Å². The number of rotatable bonds is 6. The molecule has 5 atom stereocenters. The van der Waals surface area contributed by atoms with Crippen molar-refractivity contribution in [3.63, 3.8) is 0 Å². The molecule has 2 N–H and O–H groups in total. The largest absolute Gasteiger partial charge is 0.399 e. The van der Waals surface area contributed by atoms with Gasteiger partial charge in [0, 0.05) is 4.90 Å². The molecule has 0 radical (unpaired) electrons. The quantitative estimate of drug-likeness (QED) is 0.503. The Kier molecular flexibility index (Phi) is 7.67. The Balaban J connectivity index is 1.71. The molecular formula is C28H34O4SSi. The van der Waals surface area contributed by atoms with E-state index in [2.05, 4.69) is 45.0 Å². The molecule has 1 saturated heterocycles. The summed E-state index contributed by atoms with van der Waals surface area (Å²) < 4.78 is 13.4. The van der Waals surface area contributed by atoms with Gasteiger partial charge in [-0.2, -0.15) is 0 Å². The standard InChI is InChI=1S/C28H34O4SSi/c1-20-26(24(29)25(30)27(31-20)33-21-14-8-5-9-15-21)32-34(28(2,3)4,22-16-10-6-11-17-22)23-18-12-7-13-19-23/h5-20,24-27,29-30H,1-4H3/t20-,24-,25-,26+,27+/m0/s1. The van der Waals surface area contributed by atoms with E-state index in [0.29, 0.717) is 0 Å². The summed E-state index contributed by atoms with van der Waals surface area (Å²) in [6.07, 6.45) is -3.23. The lowest BCUT2D eigenvalue weighted by atomic mass is 10.0. The van der Waals surface area contributed by atoms with E-state index in [1.807, 2.05) is 73.7 Å². The van der Waals surface area contributed by atoms with Gasteiger partial charge in [0.25, 0.3) is 8.32 Å². The van der Waals surface area contributed by atoms with Crippen molar-refractivity contribution in [1.82, 2.24) is 0 Å². The van der Waals surface area contributed by atoms with Crippen LogP contribution in [0.25, 0.3) is 0 Å². The molecule has 4 rings (SSSR count). The second-order valence-corrected chi connectivity index (χ2v) is 15.3. The monoisotopic (exact) mass is 494 g/mol. The van der Waals surface area contributed by atoms with Crippen LogP contribution in [-0.2, 0) is 9.16 Å². The highest BCUT2D eigenvalue weighted by Crippen LogP contribution is 2.41. The molecule has 3 aromatic rings. The second-order valence-electron chi connectivity index (χ2n) is 9.87. The number of hydrogen-bond acceptors (Lipinski definition) is 5. The molecule has 0 bridgehead atoms. The van der Waals surface area contributed by atoms with Crippen LogP contribution in [0, 0.1) is 0 Å². The molecule has 1 aliphatic rings. The van der Waals surface area contributed by atoms with Gasteiger partial charge in [0.2, 0.25) is 0 Å². The summed E-state index contributed by atoms with van der Waals surface area (Å²) >= 11 is 1.42. The van der Waals surface area contributed by atoms with Gasteiger partial charge in [-0.25, -0.2) is 0 Å². The molecular weight excluding hydrogens is 460 g/mol. The molecule has 1 fully saturated rings. The predicted molar refractivity (Wildman–Crippen MR) is 141 cm³/mol. The Morgan fingerprint density at radius 2 is 1.24 bits per heavy atom. The number of hydrogen-bond donors (Lipinski definition) is 2. The summed E-state index contributed by atoms with van der Waals surface area (Å²) in [7, 11) is -2.90. The maximum atomic E-state index is 11.3. The van der Waals surface area contributed by atoms with Crippen molar-refractivity contribution in [3.05, 3.63) is 91.0 Å². The Labute approximate surface area is 208 Å². The van der Waals surface area contributed by atoms with E-state index in [4.69, 9.17) is 9.16 Å². The topological polar surface area (TPSA) is 58.9 Å². The molecule has 34 heavy (non-hydrogen) atoms. The van der Waals surface area contributed by atoms with Crippen LogP contribution in [0.5, 0.6) is 0 Å².